The molecule has 1 saturated heterocycles. The Bertz CT molecular complexity index is 1570. The van der Waals surface area contributed by atoms with Crippen LogP contribution in [-0.2, 0) is 11.3 Å². The van der Waals surface area contributed by atoms with Gasteiger partial charge in [-0.3, -0.25) is 14.5 Å². The number of hydrogen-bond donors (Lipinski definition) is 0. The molecule has 246 valence electrons. The van der Waals surface area contributed by atoms with Gasteiger partial charge in [0.2, 0.25) is 0 Å². The third kappa shape index (κ3) is 8.67. The van der Waals surface area contributed by atoms with Crippen molar-refractivity contribution in [3.8, 4) is 5.75 Å². The van der Waals surface area contributed by atoms with Gasteiger partial charge in [0.15, 0.2) is 5.76 Å². The molecular weight excluding hydrogens is 597 g/mol. The monoisotopic (exact) mass is 639 g/mol. The molecule has 1 saturated carbocycles. The quantitative estimate of drug-likeness (QED) is 0.172. The molecule has 8 nitrogen and oxygen atoms in total. The van der Waals surface area contributed by atoms with Crippen molar-refractivity contribution in [2.75, 3.05) is 50.9 Å². The third-order valence-corrected chi connectivity index (χ3v) is 9.07. The predicted molar refractivity (Wildman–Crippen MR) is 178 cm³/mol. The van der Waals surface area contributed by atoms with E-state index in [0.29, 0.717) is 36.8 Å². The average Bonchev–Trinajstić information content (AvgIpc) is 3.66. The van der Waals surface area contributed by atoms with Crippen molar-refractivity contribution in [3.05, 3.63) is 120 Å². The zero-order valence-electron chi connectivity index (χ0n) is 26.6. The molecule has 6 rings (SSSR count). The van der Waals surface area contributed by atoms with Gasteiger partial charge in [-0.25, -0.2) is 4.39 Å². The number of carbonyl (C=O) groups excluding carboxylic acids is 2. The largest absolute Gasteiger partial charge is 0.492 e. The highest BCUT2D eigenvalue weighted by molar-refractivity contribution is 6.06. The minimum absolute atomic E-state index is 0.0239. The van der Waals surface area contributed by atoms with Crippen LogP contribution in [0.2, 0.25) is 0 Å². The van der Waals surface area contributed by atoms with E-state index in [1.54, 1.807) is 17.0 Å². The molecule has 2 unspecified atom stereocenters. The summed E-state index contributed by atoms with van der Waals surface area (Å²) >= 11 is 0. The molecule has 2 fully saturated rings. The van der Waals surface area contributed by atoms with Crippen molar-refractivity contribution in [1.29, 1.82) is 0 Å². The van der Waals surface area contributed by atoms with Crippen LogP contribution < -0.4 is 9.64 Å². The zero-order chi connectivity index (χ0) is 32.4. The van der Waals surface area contributed by atoms with E-state index in [-0.39, 0.29) is 23.8 Å². The van der Waals surface area contributed by atoms with Crippen molar-refractivity contribution < 1.29 is 27.9 Å². The van der Waals surface area contributed by atoms with Crippen LogP contribution in [-0.4, -0.2) is 73.7 Å². The molecular formula is C38H42FN3O5. The van der Waals surface area contributed by atoms with Gasteiger partial charge in [-0.15, -0.1) is 0 Å². The fourth-order valence-corrected chi connectivity index (χ4v) is 6.57. The van der Waals surface area contributed by atoms with E-state index >= 15 is 0 Å². The number of nitrogens with zero attached hydrogens (tertiary/aromatic N) is 3. The molecule has 2 atom stereocenters. The summed E-state index contributed by atoms with van der Waals surface area (Å²) in [5.74, 6) is 0.412. The second-order valence-corrected chi connectivity index (χ2v) is 12.3. The van der Waals surface area contributed by atoms with Crippen LogP contribution in [0.15, 0.2) is 102 Å². The van der Waals surface area contributed by atoms with Crippen molar-refractivity contribution >= 4 is 17.5 Å². The molecule has 4 aromatic rings. The van der Waals surface area contributed by atoms with E-state index in [4.69, 9.17) is 13.9 Å². The summed E-state index contributed by atoms with van der Waals surface area (Å²) in [6.45, 7) is 5.51. The van der Waals surface area contributed by atoms with E-state index < -0.39 is 5.82 Å². The smallest absolute Gasteiger partial charge is 0.290 e. The fourth-order valence-electron chi connectivity index (χ4n) is 6.57. The summed E-state index contributed by atoms with van der Waals surface area (Å²) in [4.78, 5) is 33.8. The normalized spacial score (nSPS) is 18.4. The minimum atomic E-state index is -0.390. The summed E-state index contributed by atoms with van der Waals surface area (Å²) < 4.78 is 30.9. The van der Waals surface area contributed by atoms with Crippen molar-refractivity contribution in [1.82, 2.24) is 9.80 Å². The van der Waals surface area contributed by atoms with Gasteiger partial charge in [-0.2, -0.15) is 0 Å². The molecule has 3 aromatic carbocycles. The number of halogens is 1. The van der Waals surface area contributed by atoms with Crippen LogP contribution in [0.25, 0.3) is 0 Å². The molecule has 0 N–H and O–H groups in total. The Kier molecular flexibility index (Phi) is 11.0. The maximum absolute atomic E-state index is 14.0. The number of rotatable bonds is 12. The van der Waals surface area contributed by atoms with Gasteiger partial charge in [0, 0.05) is 56.1 Å². The standard InChI is InChI=1S/C38H42FN3O5/c39-32-16-14-31(15-17-32)37(43)41(34-11-5-12-35(26-34)46-24-20-40-18-22-45-23-19-40)28-30-9-4-10-33(25-30)42(27-29-7-2-1-3-8-29)38(44)36-13-6-21-47-36/h1-3,5-8,11-17,21,26,30,33H,4,9-10,18-20,22-25,27-28H2. The van der Waals surface area contributed by atoms with E-state index in [2.05, 4.69) is 4.90 Å². The number of carbonyl (C=O) groups is 2. The summed E-state index contributed by atoms with van der Waals surface area (Å²) in [6.07, 6.45) is 4.98. The third-order valence-electron chi connectivity index (χ3n) is 9.07. The highest BCUT2D eigenvalue weighted by atomic mass is 19.1. The van der Waals surface area contributed by atoms with E-state index in [1.165, 1.54) is 30.5 Å². The number of amides is 2. The second-order valence-electron chi connectivity index (χ2n) is 12.3. The van der Waals surface area contributed by atoms with Gasteiger partial charge in [-0.1, -0.05) is 42.8 Å². The first-order chi connectivity index (χ1) is 23.0. The first-order valence-corrected chi connectivity index (χ1v) is 16.5. The van der Waals surface area contributed by atoms with Gasteiger partial charge in [-0.05, 0) is 79.3 Å². The number of furan rings is 1. The lowest BCUT2D eigenvalue weighted by atomic mass is 9.84. The summed E-state index contributed by atoms with van der Waals surface area (Å²) in [5, 5.41) is 0. The second kappa shape index (κ2) is 15.9. The highest BCUT2D eigenvalue weighted by Gasteiger charge is 2.33. The van der Waals surface area contributed by atoms with Gasteiger partial charge >= 0.3 is 0 Å². The lowest BCUT2D eigenvalue weighted by Crippen LogP contribution is -2.45. The van der Waals surface area contributed by atoms with Crippen LogP contribution in [0.3, 0.4) is 0 Å². The Balaban J connectivity index is 1.21. The number of anilines is 1. The lowest BCUT2D eigenvalue weighted by molar-refractivity contribution is 0.0322. The van der Waals surface area contributed by atoms with Crippen molar-refractivity contribution in [2.24, 2.45) is 5.92 Å². The number of ether oxygens (including phenoxy) is 2. The Morgan fingerprint density at radius 2 is 1.70 bits per heavy atom. The fraction of sp³-hybridized carbons (Fsp3) is 0.368. The van der Waals surface area contributed by atoms with Gasteiger partial charge in [0.05, 0.1) is 19.5 Å². The SMILES string of the molecule is O=C(c1ccc(F)cc1)N(CC1CCCC(N(Cc2ccccc2)C(=O)c2ccco2)C1)c1cccc(OCCN2CCOCC2)c1. The van der Waals surface area contributed by atoms with E-state index in [1.807, 2.05) is 59.5 Å². The predicted octanol–water partition coefficient (Wildman–Crippen LogP) is 6.68. The van der Waals surface area contributed by atoms with Gasteiger partial charge in [0.25, 0.3) is 11.8 Å². The Morgan fingerprint density at radius 3 is 2.47 bits per heavy atom. The first-order valence-electron chi connectivity index (χ1n) is 16.5. The molecule has 9 heteroatoms. The zero-order valence-corrected chi connectivity index (χ0v) is 26.6. The first kappa shape index (κ1) is 32.5. The van der Waals surface area contributed by atoms with E-state index in [0.717, 1.165) is 69.8 Å². The summed E-state index contributed by atoms with van der Waals surface area (Å²) in [6, 6.07) is 26.7. The van der Waals surface area contributed by atoms with Crippen molar-refractivity contribution in [2.45, 2.75) is 38.3 Å². The highest BCUT2D eigenvalue weighted by Crippen LogP contribution is 2.33. The van der Waals surface area contributed by atoms with Crippen LogP contribution >= 0.6 is 0 Å². The topological polar surface area (TPSA) is 75.5 Å². The van der Waals surface area contributed by atoms with Crippen LogP contribution in [0, 0.1) is 11.7 Å². The molecule has 1 aliphatic heterocycles. The average molecular weight is 640 g/mol. The van der Waals surface area contributed by atoms with E-state index in [9.17, 15) is 14.0 Å². The maximum Gasteiger partial charge on any atom is 0.290 e. The Hall–Kier alpha value is -4.47. The number of benzene rings is 3. The maximum atomic E-state index is 14.0. The molecule has 47 heavy (non-hydrogen) atoms. The van der Waals surface area contributed by atoms with Crippen LogP contribution in [0.4, 0.5) is 10.1 Å². The van der Waals surface area contributed by atoms with Crippen LogP contribution in [0.1, 0.15) is 52.2 Å². The summed E-state index contributed by atoms with van der Waals surface area (Å²) in [5.41, 5.74) is 2.18. The molecule has 2 aliphatic rings. The van der Waals surface area contributed by atoms with Gasteiger partial charge in [0.1, 0.15) is 18.2 Å². The molecule has 0 bridgehead atoms. The number of morpholine rings is 1. The van der Waals surface area contributed by atoms with Crippen LogP contribution in [0.5, 0.6) is 5.75 Å². The molecule has 0 spiro atoms. The minimum Gasteiger partial charge on any atom is -0.492 e. The Morgan fingerprint density at radius 1 is 0.894 bits per heavy atom. The lowest BCUT2D eigenvalue weighted by Gasteiger charge is -2.39. The number of hydrogen-bond acceptors (Lipinski definition) is 6. The molecule has 2 heterocycles. The van der Waals surface area contributed by atoms with Crippen molar-refractivity contribution in [3.63, 3.8) is 0 Å². The molecule has 1 aromatic heterocycles. The Labute approximate surface area is 275 Å². The molecule has 0 radical (unpaired) electrons. The summed E-state index contributed by atoms with van der Waals surface area (Å²) in [7, 11) is 0. The molecule has 1 aliphatic carbocycles. The van der Waals surface area contributed by atoms with Gasteiger partial charge < -0.3 is 23.7 Å². The molecule has 2 amide bonds.